The van der Waals surface area contributed by atoms with Gasteiger partial charge in [-0.1, -0.05) is 59.2 Å². The Labute approximate surface area is 218 Å². The van der Waals surface area contributed by atoms with Crippen LogP contribution in [-0.4, -0.2) is 29.9 Å². The van der Waals surface area contributed by atoms with E-state index in [0.29, 0.717) is 29.0 Å². The Kier molecular flexibility index (Phi) is 7.38. The molecule has 0 atom stereocenters. The number of methoxy groups -OCH3 is 2. The van der Waals surface area contributed by atoms with E-state index in [4.69, 9.17) is 31.1 Å². The van der Waals surface area contributed by atoms with Gasteiger partial charge in [0.1, 0.15) is 0 Å². The van der Waals surface area contributed by atoms with Gasteiger partial charge in [-0.25, -0.2) is 9.97 Å². The van der Waals surface area contributed by atoms with Gasteiger partial charge in [0.25, 0.3) is 0 Å². The molecule has 6 nitrogen and oxygen atoms in total. The molecule has 5 rings (SSSR count). The fourth-order valence-corrected chi connectivity index (χ4v) is 4.56. The standard InChI is InChI=1S/C26H20BrClN4O2.CH4/c1-33-22-10-8-17(12-23(22)34-2)31-26-30-14-15-13-29-25(19-5-3-4-6-21(19)27)20-11-16(28)7-9-18(20)24(15)32-26;/h3-12,14H,13H2,1-2H3,(H,30,31,32);1H4. The monoisotopic (exact) mass is 550 g/mol. The van der Waals surface area contributed by atoms with Crippen molar-refractivity contribution < 1.29 is 9.47 Å². The molecular weight excluding hydrogens is 528 g/mol. The molecule has 3 aromatic carbocycles. The summed E-state index contributed by atoms with van der Waals surface area (Å²) in [6.45, 7) is 0.453. The van der Waals surface area contributed by atoms with Gasteiger partial charge in [-0.15, -0.1) is 0 Å². The van der Waals surface area contributed by atoms with Crippen LogP contribution in [0.1, 0.15) is 24.1 Å². The molecule has 0 spiro atoms. The summed E-state index contributed by atoms with van der Waals surface area (Å²) < 4.78 is 11.7. The maximum absolute atomic E-state index is 6.41. The van der Waals surface area contributed by atoms with E-state index in [0.717, 1.165) is 43.8 Å². The maximum Gasteiger partial charge on any atom is 0.227 e. The summed E-state index contributed by atoms with van der Waals surface area (Å²) >= 11 is 10.1. The first-order chi connectivity index (χ1) is 16.6. The topological polar surface area (TPSA) is 68.6 Å². The number of nitrogens with zero attached hydrogens (tertiary/aromatic N) is 3. The molecule has 0 radical (unpaired) electrons. The van der Waals surface area contributed by atoms with E-state index in [1.807, 2.05) is 66.9 Å². The number of ether oxygens (including phenoxy) is 2. The lowest BCUT2D eigenvalue weighted by molar-refractivity contribution is 0.355. The number of fused-ring (bicyclic) bond motifs is 3. The number of rotatable bonds is 5. The van der Waals surface area contributed by atoms with Crippen LogP contribution in [0.25, 0.3) is 11.3 Å². The number of hydrogen-bond acceptors (Lipinski definition) is 6. The van der Waals surface area contributed by atoms with Crippen LogP contribution in [0.4, 0.5) is 11.6 Å². The third-order valence-corrected chi connectivity index (χ3v) is 6.46. The first kappa shape index (κ1) is 24.7. The van der Waals surface area contributed by atoms with Gasteiger partial charge in [-0.3, -0.25) is 4.99 Å². The second kappa shape index (κ2) is 10.5. The third-order valence-electron chi connectivity index (χ3n) is 5.53. The fraction of sp³-hybridized carbons (Fsp3) is 0.148. The summed E-state index contributed by atoms with van der Waals surface area (Å²) in [4.78, 5) is 14.3. The summed E-state index contributed by atoms with van der Waals surface area (Å²) in [5.41, 5.74) is 6.26. The van der Waals surface area contributed by atoms with Crippen molar-refractivity contribution >= 4 is 44.9 Å². The highest BCUT2D eigenvalue weighted by Crippen LogP contribution is 2.36. The summed E-state index contributed by atoms with van der Waals surface area (Å²) in [5.74, 6) is 1.74. The molecule has 0 unspecified atom stereocenters. The second-order valence-electron chi connectivity index (χ2n) is 7.60. The van der Waals surface area contributed by atoms with Gasteiger partial charge in [0.05, 0.1) is 32.2 Å². The zero-order chi connectivity index (χ0) is 23.7. The summed E-state index contributed by atoms with van der Waals surface area (Å²) in [5, 5.41) is 3.90. The van der Waals surface area contributed by atoms with Crippen LogP contribution in [0.15, 0.2) is 76.3 Å². The highest BCUT2D eigenvalue weighted by Gasteiger charge is 2.22. The van der Waals surface area contributed by atoms with Gasteiger partial charge >= 0.3 is 0 Å². The largest absolute Gasteiger partial charge is 0.493 e. The lowest BCUT2D eigenvalue weighted by Crippen LogP contribution is -2.06. The minimum absolute atomic E-state index is 0. The van der Waals surface area contributed by atoms with Gasteiger partial charge in [-0.2, -0.15) is 0 Å². The molecule has 1 N–H and O–H groups in total. The average molecular weight is 552 g/mol. The van der Waals surface area contributed by atoms with E-state index >= 15 is 0 Å². The van der Waals surface area contributed by atoms with Crippen LogP contribution in [0.2, 0.25) is 5.02 Å². The lowest BCUT2D eigenvalue weighted by atomic mass is 9.95. The number of nitrogens with one attached hydrogen (secondary N) is 1. The Hall–Kier alpha value is -3.42. The van der Waals surface area contributed by atoms with Crippen molar-refractivity contribution in [1.29, 1.82) is 0 Å². The predicted molar refractivity (Wildman–Crippen MR) is 146 cm³/mol. The fourth-order valence-electron chi connectivity index (χ4n) is 3.91. The summed E-state index contributed by atoms with van der Waals surface area (Å²) in [7, 11) is 3.21. The molecule has 0 aliphatic carbocycles. The quantitative estimate of drug-likeness (QED) is 0.282. The van der Waals surface area contributed by atoms with Gasteiger partial charge in [0, 0.05) is 49.7 Å². The van der Waals surface area contributed by atoms with Crippen LogP contribution in [-0.2, 0) is 6.54 Å². The second-order valence-corrected chi connectivity index (χ2v) is 8.89. The van der Waals surface area contributed by atoms with Gasteiger partial charge < -0.3 is 14.8 Å². The smallest absolute Gasteiger partial charge is 0.227 e. The highest BCUT2D eigenvalue weighted by atomic mass is 79.9. The molecule has 0 fully saturated rings. The van der Waals surface area contributed by atoms with Crippen molar-refractivity contribution in [2.45, 2.75) is 14.0 Å². The predicted octanol–water partition coefficient (Wildman–Crippen LogP) is 7.31. The Bertz CT molecular complexity index is 1420. The number of aromatic nitrogens is 2. The minimum atomic E-state index is 0. The molecule has 1 aliphatic rings. The zero-order valence-corrected chi connectivity index (χ0v) is 20.8. The summed E-state index contributed by atoms with van der Waals surface area (Å²) in [6.07, 6.45) is 1.82. The van der Waals surface area contributed by atoms with E-state index in [2.05, 4.69) is 26.2 Å². The Morgan fingerprint density at radius 3 is 2.49 bits per heavy atom. The molecule has 8 heteroatoms. The molecule has 0 bridgehead atoms. The number of hydrogen-bond donors (Lipinski definition) is 1. The maximum atomic E-state index is 6.41. The van der Waals surface area contributed by atoms with Crippen LogP contribution in [0, 0.1) is 0 Å². The summed E-state index contributed by atoms with van der Waals surface area (Å²) in [6, 6.07) is 19.4. The van der Waals surface area contributed by atoms with E-state index in [1.54, 1.807) is 14.2 Å². The van der Waals surface area contributed by atoms with Crippen molar-refractivity contribution in [3.63, 3.8) is 0 Å². The molecule has 0 saturated carbocycles. The third kappa shape index (κ3) is 4.88. The molecule has 1 aromatic heterocycles. The molecule has 2 heterocycles. The van der Waals surface area contributed by atoms with Crippen molar-refractivity contribution in [1.82, 2.24) is 9.97 Å². The zero-order valence-electron chi connectivity index (χ0n) is 18.5. The van der Waals surface area contributed by atoms with E-state index in [9.17, 15) is 0 Å². The molecule has 4 aromatic rings. The van der Waals surface area contributed by atoms with Crippen LogP contribution in [0.3, 0.4) is 0 Å². The van der Waals surface area contributed by atoms with Crippen LogP contribution < -0.4 is 14.8 Å². The first-order valence-corrected chi connectivity index (χ1v) is 11.7. The van der Waals surface area contributed by atoms with E-state index < -0.39 is 0 Å². The number of benzene rings is 3. The first-order valence-electron chi connectivity index (χ1n) is 10.5. The molecule has 1 aliphatic heterocycles. The SMILES string of the molecule is C.COc1ccc(Nc2ncc3c(n2)-c2ccc(Cl)cc2C(c2ccccc2Br)=NC3)cc1OC. The van der Waals surface area contributed by atoms with Crippen LogP contribution >= 0.6 is 27.5 Å². The van der Waals surface area contributed by atoms with Gasteiger partial charge in [0.15, 0.2) is 11.5 Å². The highest BCUT2D eigenvalue weighted by molar-refractivity contribution is 9.10. The van der Waals surface area contributed by atoms with Crippen molar-refractivity contribution in [3.05, 3.63) is 93.0 Å². The lowest BCUT2D eigenvalue weighted by Gasteiger charge is -2.14. The van der Waals surface area contributed by atoms with Crippen molar-refractivity contribution in [2.75, 3.05) is 19.5 Å². The number of anilines is 2. The molecule has 0 amide bonds. The minimum Gasteiger partial charge on any atom is -0.493 e. The van der Waals surface area contributed by atoms with Crippen molar-refractivity contribution in [2.24, 2.45) is 4.99 Å². The molecular formula is C27H24BrClN4O2. The average Bonchev–Trinajstić information content (AvgIpc) is 3.00. The molecule has 35 heavy (non-hydrogen) atoms. The Morgan fingerprint density at radius 1 is 0.914 bits per heavy atom. The number of halogens is 2. The van der Waals surface area contributed by atoms with Crippen molar-refractivity contribution in [3.8, 4) is 22.8 Å². The molecule has 0 saturated heterocycles. The Morgan fingerprint density at radius 2 is 1.71 bits per heavy atom. The number of aliphatic imine (C=N–C) groups is 1. The Balaban J connectivity index is 0.00000289. The van der Waals surface area contributed by atoms with E-state index in [1.165, 1.54) is 0 Å². The van der Waals surface area contributed by atoms with Gasteiger partial charge in [0.2, 0.25) is 5.95 Å². The van der Waals surface area contributed by atoms with E-state index in [-0.39, 0.29) is 7.43 Å². The molecule has 178 valence electrons. The van der Waals surface area contributed by atoms with Crippen LogP contribution in [0.5, 0.6) is 11.5 Å². The van der Waals surface area contributed by atoms with Gasteiger partial charge in [-0.05, 0) is 30.3 Å². The normalized spacial score (nSPS) is 11.8.